The van der Waals surface area contributed by atoms with Crippen LogP contribution in [-0.4, -0.2) is 31.0 Å². The van der Waals surface area contributed by atoms with Crippen molar-refractivity contribution in [2.24, 2.45) is 5.11 Å². The monoisotopic (exact) mass is 617 g/mol. The lowest BCUT2D eigenvalue weighted by atomic mass is 10.1. The summed E-state index contributed by atoms with van der Waals surface area (Å²) in [5, 5.41) is 15.4. The number of hydrogen-bond donors (Lipinski definition) is 4. The lowest BCUT2D eigenvalue weighted by molar-refractivity contribution is -0.437. The van der Waals surface area contributed by atoms with E-state index in [9.17, 15) is 44.2 Å². The first-order valence-corrected chi connectivity index (χ1v) is 12.3. The Morgan fingerprint density at radius 3 is 2.27 bits per heavy atom. The van der Waals surface area contributed by atoms with Gasteiger partial charge in [0.25, 0.3) is 5.69 Å². The van der Waals surface area contributed by atoms with E-state index in [1.54, 1.807) is 22.6 Å². The van der Waals surface area contributed by atoms with E-state index in [-0.39, 0.29) is 14.3 Å². The Morgan fingerprint density at radius 2 is 1.73 bits per heavy atom. The van der Waals surface area contributed by atoms with Crippen LogP contribution in [0.2, 0.25) is 0 Å². The van der Waals surface area contributed by atoms with Crippen LogP contribution in [0.15, 0.2) is 51.3 Å². The van der Waals surface area contributed by atoms with Gasteiger partial charge in [-0.05, 0) is 69.5 Å². The lowest BCUT2D eigenvalue weighted by Crippen LogP contribution is -2.58. The maximum absolute atomic E-state index is 13.3. The normalized spacial score (nSPS) is 13.2. The van der Waals surface area contributed by atoms with Crippen molar-refractivity contribution in [2.75, 3.05) is 5.73 Å². The van der Waals surface area contributed by atoms with Gasteiger partial charge in [-0.3, -0.25) is 4.55 Å². The van der Waals surface area contributed by atoms with Crippen LogP contribution in [0, 0.1) is 3.57 Å². The lowest BCUT2D eigenvalue weighted by Gasteiger charge is -2.12. The van der Waals surface area contributed by atoms with Crippen molar-refractivity contribution in [3.8, 4) is 5.75 Å². The minimum atomic E-state index is -5.13. The number of benzene rings is 3. The first-order chi connectivity index (χ1) is 15.0. The summed E-state index contributed by atoms with van der Waals surface area (Å²) in [6.45, 7) is 0. The Kier molecular flexibility index (Phi) is 6.35. The van der Waals surface area contributed by atoms with Gasteiger partial charge in [0, 0.05) is 9.26 Å². The molecule has 0 fully saturated rings. The molecule has 3 rings (SSSR count). The SMILES string of the molecule is Nc1cc(S(=O)(=O)[O-])cc2cc(S(=O)(=O)O)c([NH+]=Nc3ccc(I)cc3C(F)(F)F)c(O)c12. The summed E-state index contributed by atoms with van der Waals surface area (Å²) in [6.07, 6.45) is -4.82. The van der Waals surface area contributed by atoms with Crippen molar-refractivity contribution in [3.63, 3.8) is 0 Å². The van der Waals surface area contributed by atoms with Crippen LogP contribution in [0.5, 0.6) is 5.75 Å². The Labute approximate surface area is 197 Å². The molecule has 0 atom stereocenters. The summed E-state index contributed by atoms with van der Waals surface area (Å²) >= 11 is 1.65. The first-order valence-electron chi connectivity index (χ1n) is 8.36. The molecule has 10 nitrogen and oxygen atoms in total. The van der Waals surface area contributed by atoms with E-state index >= 15 is 0 Å². The number of fused-ring (bicyclic) bond motifs is 1. The highest BCUT2D eigenvalue weighted by Crippen LogP contribution is 2.40. The number of hydrogen-bond acceptors (Lipinski definition) is 8. The average Bonchev–Trinajstić information content (AvgIpc) is 2.65. The molecule has 0 aliphatic carbocycles. The van der Waals surface area contributed by atoms with E-state index in [0.717, 1.165) is 12.1 Å². The number of alkyl halides is 3. The number of nitrogens with zero attached hydrogens (tertiary/aromatic N) is 1. The third-order valence-corrected chi connectivity index (χ3v) is 6.66. The van der Waals surface area contributed by atoms with Gasteiger partial charge in [-0.2, -0.15) is 21.6 Å². The number of nitrogens with one attached hydrogen (secondary N) is 1. The van der Waals surface area contributed by atoms with Crippen LogP contribution in [-0.2, 0) is 26.4 Å². The predicted molar refractivity (Wildman–Crippen MR) is 115 cm³/mol. The van der Waals surface area contributed by atoms with E-state index in [2.05, 4.69) is 5.11 Å². The van der Waals surface area contributed by atoms with Gasteiger partial charge in [0.2, 0.25) is 5.75 Å². The second-order valence-corrected chi connectivity index (χ2v) is 10.5. The Bertz CT molecular complexity index is 1540. The quantitative estimate of drug-likeness (QED) is 0.113. The molecule has 3 aromatic rings. The number of phenolic OH excluding ortho intramolecular Hbond substituents is 1. The molecular formula is C17H11F3IN3O7S2. The molecule has 0 unspecified atom stereocenters. The molecule has 0 aliphatic rings. The van der Waals surface area contributed by atoms with E-state index in [1.165, 1.54) is 6.07 Å². The second kappa shape index (κ2) is 8.35. The van der Waals surface area contributed by atoms with Crippen LogP contribution < -0.4 is 10.8 Å². The van der Waals surface area contributed by atoms with Gasteiger partial charge in [0.15, 0.2) is 4.90 Å². The molecule has 16 heteroatoms. The summed E-state index contributed by atoms with van der Waals surface area (Å²) in [4.78, 5) is -1.90. The Hall–Kier alpha value is -2.54. The number of halogens is 4. The fourth-order valence-electron chi connectivity index (χ4n) is 2.91. The summed E-state index contributed by atoms with van der Waals surface area (Å²) in [7, 11) is -10.2. The molecule has 0 heterocycles. The second-order valence-electron chi connectivity index (χ2n) is 6.52. The van der Waals surface area contributed by atoms with Gasteiger partial charge in [-0.25, -0.2) is 8.42 Å². The molecule has 0 amide bonds. The van der Waals surface area contributed by atoms with Crippen molar-refractivity contribution in [1.29, 1.82) is 0 Å². The maximum Gasteiger partial charge on any atom is 0.418 e. The third-order valence-electron chi connectivity index (χ3n) is 4.30. The van der Waals surface area contributed by atoms with Gasteiger partial charge in [0.05, 0.1) is 15.8 Å². The van der Waals surface area contributed by atoms with Crippen LogP contribution in [0.1, 0.15) is 5.56 Å². The summed E-state index contributed by atoms with van der Waals surface area (Å²) in [5.74, 6) is -0.977. The molecule has 5 N–H and O–H groups in total. The van der Waals surface area contributed by atoms with Gasteiger partial charge in [-0.1, -0.05) is 5.11 Å². The number of rotatable bonds is 4. The molecule has 3 aromatic carbocycles. The van der Waals surface area contributed by atoms with Crippen LogP contribution in [0.4, 0.5) is 30.2 Å². The number of azo groups is 1. The molecule has 0 radical (unpaired) electrons. The fraction of sp³-hybridized carbons (Fsp3) is 0.0588. The first kappa shape index (κ1) is 25.1. The van der Waals surface area contributed by atoms with E-state index in [4.69, 9.17) is 5.73 Å². The van der Waals surface area contributed by atoms with Crippen LogP contribution in [0.3, 0.4) is 0 Å². The smallest absolute Gasteiger partial charge is 0.418 e. The van der Waals surface area contributed by atoms with Gasteiger partial charge < -0.3 is 15.4 Å². The molecule has 0 saturated carbocycles. The molecule has 0 aliphatic heterocycles. The summed E-state index contributed by atoms with van der Waals surface area (Å²) in [6, 6.07) is 5.16. The summed E-state index contributed by atoms with van der Waals surface area (Å²) in [5.41, 5.74) is 2.58. The zero-order valence-electron chi connectivity index (χ0n) is 15.8. The number of aromatic hydroxyl groups is 1. The number of nitrogens with two attached hydrogens (primary N) is 1. The molecule has 0 aromatic heterocycles. The molecule has 0 bridgehead atoms. The topological polar surface area (TPSA) is 184 Å². The number of nitrogen functional groups attached to an aromatic ring is 1. The third kappa shape index (κ3) is 5.18. The van der Waals surface area contributed by atoms with Crippen molar-refractivity contribution < 1.29 is 49.3 Å². The highest BCUT2D eigenvalue weighted by molar-refractivity contribution is 14.1. The van der Waals surface area contributed by atoms with Crippen molar-refractivity contribution >= 4 is 70.7 Å². The Balaban J connectivity index is 2.34. The van der Waals surface area contributed by atoms with Crippen LogP contribution in [0.25, 0.3) is 10.8 Å². The van der Waals surface area contributed by atoms with E-state index < -0.39 is 64.6 Å². The van der Waals surface area contributed by atoms with Crippen molar-refractivity contribution in [2.45, 2.75) is 16.0 Å². The highest BCUT2D eigenvalue weighted by Gasteiger charge is 2.35. The maximum atomic E-state index is 13.3. The highest BCUT2D eigenvalue weighted by atomic mass is 127. The fourth-order valence-corrected chi connectivity index (χ4v) is 4.62. The molecule has 0 saturated heterocycles. The van der Waals surface area contributed by atoms with Gasteiger partial charge in [0.1, 0.15) is 15.8 Å². The standard InChI is InChI=1S/C17H11F3IN3O7S2/c18-17(19,20)10-5-8(21)1-2-12(10)23-24-15-13(33(29,30)31)4-7-3-9(32(26,27)28)6-11(22)14(7)16(15)25/h1-6,25H,22H2,(H,26,27,28)(H,29,30,31). The molecular weight excluding hydrogens is 606 g/mol. The zero-order chi connectivity index (χ0) is 24.9. The Morgan fingerprint density at radius 1 is 1.09 bits per heavy atom. The van der Waals surface area contributed by atoms with Crippen molar-refractivity contribution in [3.05, 3.63) is 45.5 Å². The summed E-state index contributed by atoms with van der Waals surface area (Å²) < 4.78 is 107. The largest absolute Gasteiger partial charge is 0.744 e. The van der Waals surface area contributed by atoms with Crippen LogP contribution >= 0.6 is 22.6 Å². The van der Waals surface area contributed by atoms with E-state index in [0.29, 0.717) is 18.2 Å². The molecule has 0 spiro atoms. The zero-order valence-corrected chi connectivity index (χ0v) is 19.5. The minimum absolute atomic E-state index is 0.239. The number of anilines is 1. The van der Waals surface area contributed by atoms with Crippen molar-refractivity contribution in [1.82, 2.24) is 0 Å². The molecule has 176 valence electrons. The number of phenols is 1. The van der Waals surface area contributed by atoms with E-state index in [1.807, 2.05) is 5.11 Å². The minimum Gasteiger partial charge on any atom is -0.744 e. The average molecular weight is 617 g/mol. The van der Waals surface area contributed by atoms with Gasteiger partial charge in [-0.15, -0.1) is 0 Å². The molecule has 33 heavy (non-hydrogen) atoms. The van der Waals surface area contributed by atoms with Gasteiger partial charge >= 0.3 is 16.3 Å². The predicted octanol–water partition coefficient (Wildman–Crippen LogP) is 2.40.